The molecule has 17 nitrogen and oxygen atoms in total. The molecule has 3 aromatic carbocycles. The molecular formula is C50H60N10O7S. The summed E-state index contributed by atoms with van der Waals surface area (Å²) in [6.45, 7) is 12.5. The predicted molar refractivity (Wildman–Crippen MR) is 263 cm³/mol. The number of morpholine rings is 1. The number of β-amino-alcohol motifs (C(OH)–C–C–N with tert-alkyl or cyclic N) is 1. The fourth-order valence-corrected chi connectivity index (χ4v) is 8.70. The Hall–Kier alpha value is -6.76. The molecule has 0 bridgehead atoms. The molecule has 0 unspecified atom stereocenters. The van der Waals surface area contributed by atoms with E-state index >= 15 is 0 Å². The van der Waals surface area contributed by atoms with Gasteiger partial charge in [-0.15, -0.1) is 11.3 Å². The molecular weight excluding hydrogens is 885 g/mol. The third kappa shape index (κ3) is 13.7. The lowest BCUT2D eigenvalue weighted by Crippen LogP contribution is -2.57. The molecule has 2 aliphatic rings. The largest absolute Gasteiger partial charge is 0.463 e. The minimum atomic E-state index is -1.01. The van der Waals surface area contributed by atoms with Gasteiger partial charge >= 0.3 is 6.01 Å². The van der Waals surface area contributed by atoms with Crippen LogP contribution in [-0.2, 0) is 36.9 Å². The second kappa shape index (κ2) is 22.8. The van der Waals surface area contributed by atoms with Crippen LogP contribution in [0, 0.1) is 19.3 Å². The molecule has 2 fully saturated rings. The predicted octanol–water partition coefficient (Wildman–Crippen LogP) is 5.65. The Kier molecular flexibility index (Phi) is 16.5. The van der Waals surface area contributed by atoms with Crippen molar-refractivity contribution in [2.45, 2.75) is 85.0 Å². The number of likely N-dealkylation sites (tertiary alicyclic amines) is 1. The highest BCUT2D eigenvalue weighted by Gasteiger charge is 2.44. The van der Waals surface area contributed by atoms with Crippen LogP contribution in [0.3, 0.4) is 0 Å². The first-order valence-corrected chi connectivity index (χ1v) is 23.7. The third-order valence-corrected chi connectivity index (χ3v) is 12.6. The normalized spacial score (nSPS) is 16.6. The van der Waals surface area contributed by atoms with E-state index in [9.17, 15) is 24.3 Å². The number of hydrazone groups is 1. The van der Waals surface area contributed by atoms with Crippen LogP contribution >= 0.6 is 11.3 Å². The van der Waals surface area contributed by atoms with Crippen molar-refractivity contribution in [3.63, 3.8) is 0 Å². The molecule has 68 heavy (non-hydrogen) atoms. The number of amides is 4. The summed E-state index contributed by atoms with van der Waals surface area (Å²) in [5, 5.41) is 23.6. The van der Waals surface area contributed by atoms with Crippen LogP contribution in [0.15, 0.2) is 89.5 Å². The number of aryl methyl sites for hydroxylation is 2. The van der Waals surface area contributed by atoms with Gasteiger partial charge in [-0.05, 0) is 53.6 Å². The first-order valence-electron chi connectivity index (χ1n) is 22.8. The second-order valence-electron chi connectivity index (χ2n) is 18.1. The van der Waals surface area contributed by atoms with Crippen molar-refractivity contribution in [2.75, 3.05) is 55.1 Å². The van der Waals surface area contributed by atoms with E-state index in [1.165, 1.54) is 4.90 Å². The number of nitrogens with zero attached hydrogens (tertiary/aromatic N) is 6. The van der Waals surface area contributed by atoms with E-state index in [1.807, 2.05) is 107 Å². The van der Waals surface area contributed by atoms with Crippen LogP contribution in [0.4, 0.5) is 17.3 Å². The number of carbonyl (C=O) groups excluding carboxylic acids is 4. The van der Waals surface area contributed by atoms with E-state index in [0.29, 0.717) is 56.7 Å². The Morgan fingerprint density at radius 1 is 0.956 bits per heavy atom. The van der Waals surface area contributed by atoms with E-state index < -0.39 is 41.3 Å². The van der Waals surface area contributed by atoms with Crippen LogP contribution in [0.25, 0.3) is 10.4 Å². The summed E-state index contributed by atoms with van der Waals surface area (Å²) >= 11 is 1.57. The summed E-state index contributed by atoms with van der Waals surface area (Å²) in [4.78, 5) is 71.9. The molecule has 0 radical (unpaired) electrons. The lowest BCUT2D eigenvalue weighted by molar-refractivity contribution is -0.144. The average Bonchev–Trinajstić information content (AvgIpc) is 3.94. The first kappa shape index (κ1) is 49.2. The van der Waals surface area contributed by atoms with Crippen LogP contribution in [0.5, 0.6) is 6.01 Å². The summed E-state index contributed by atoms with van der Waals surface area (Å²) in [5.74, 6) is -0.516. The van der Waals surface area contributed by atoms with E-state index in [1.54, 1.807) is 29.7 Å². The highest BCUT2D eigenvalue weighted by molar-refractivity contribution is 7.13. The summed E-state index contributed by atoms with van der Waals surface area (Å²) in [6.07, 6.45) is 1.17. The molecule has 3 atom stereocenters. The molecule has 0 saturated carbocycles. The molecule has 5 aromatic rings. The SMILES string of the molecule is Cc1cccc(/C=N/Nc2cc(N3CCOCC3)nc(OCCc3ccc(NC(=O)CCC(=O)N[C@H](C(=O)N4C[C@H](O)C[C@H]4C(=O)NCc4ccc(-c5scnc5C)cc4)C(C)(C)C)cc3)n2)c1. The summed E-state index contributed by atoms with van der Waals surface area (Å²) in [6, 6.07) is 23.3. The third-order valence-electron chi connectivity index (χ3n) is 11.6. The molecule has 2 saturated heterocycles. The zero-order chi connectivity index (χ0) is 48.2. The van der Waals surface area contributed by atoms with Crippen LogP contribution < -0.4 is 31.0 Å². The van der Waals surface area contributed by atoms with Gasteiger partial charge in [0.2, 0.25) is 23.6 Å². The van der Waals surface area contributed by atoms with Gasteiger partial charge in [0.05, 0.1) is 48.2 Å². The van der Waals surface area contributed by atoms with Gasteiger partial charge in [-0.25, -0.2) is 4.98 Å². The number of aliphatic hydroxyl groups is 1. The minimum absolute atomic E-state index is 0.0433. The maximum Gasteiger partial charge on any atom is 0.320 e. The van der Waals surface area contributed by atoms with Gasteiger partial charge in [0, 0.05) is 63.6 Å². The van der Waals surface area contributed by atoms with Crippen molar-refractivity contribution in [3.8, 4) is 16.5 Å². The van der Waals surface area contributed by atoms with Gasteiger partial charge in [0.25, 0.3) is 0 Å². The van der Waals surface area contributed by atoms with Gasteiger partial charge in [0.15, 0.2) is 5.82 Å². The van der Waals surface area contributed by atoms with Crippen molar-refractivity contribution < 1.29 is 33.8 Å². The van der Waals surface area contributed by atoms with Gasteiger partial charge in [0.1, 0.15) is 17.9 Å². The molecule has 18 heteroatoms. The molecule has 7 rings (SSSR count). The molecule has 4 amide bonds. The Labute approximate surface area is 400 Å². The monoisotopic (exact) mass is 944 g/mol. The topological polar surface area (TPSA) is 213 Å². The Balaban J connectivity index is 0.868. The lowest BCUT2D eigenvalue weighted by Gasteiger charge is -2.35. The zero-order valence-electron chi connectivity index (χ0n) is 39.2. The molecule has 358 valence electrons. The number of rotatable bonds is 18. The zero-order valence-corrected chi connectivity index (χ0v) is 40.0. The Morgan fingerprint density at radius 2 is 1.69 bits per heavy atom. The number of nitrogens with one attached hydrogen (secondary N) is 4. The standard InChI is InChI=1S/C50H60N10O7S/c1-32-7-6-8-36(25-32)29-53-58-41-27-42(59-20-23-66-24-21-59)56-49(55-41)67-22-19-34-11-15-38(16-12-34)54-43(62)17-18-44(63)57-46(50(3,4)5)48(65)60-30-39(61)26-40(60)47(64)51-28-35-9-13-37(14-10-35)45-33(2)52-31-68-45/h6-16,25,27,29,31,39-40,46,61H,17-24,26,28,30H2,1-5H3,(H,51,64)(H,54,62)(H,57,63)(H,55,56,58)/b53-29+/t39-,40+,46-/m1/s1. The molecule has 2 aliphatic heterocycles. The Bertz CT molecular complexity index is 2560. The van der Waals surface area contributed by atoms with E-state index in [4.69, 9.17) is 9.47 Å². The summed E-state index contributed by atoms with van der Waals surface area (Å²) < 4.78 is 11.6. The highest BCUT2D eigenvalue weighted by Crippen LogP contribution is 2.29. The number of benzene rings is 3. The minimum Gasteiger partial charge on any atom is -0.463 e. The fourth-order valence-electron chi connectivity index (χ4n) is 7.89. The van der Waals surface area contributed by atoms with Crippen molar-refractivity contribution >= 4 is 58.5 Å². The smallest absolute Gasteiger partial charge is 0.320 e. The number of hydrogen-bond donors (Lipinski definition) is 5. The number of ether oxygens (including phenoxy) is 2. The van der Waals surface area contributed by atoms with Crippen molar-refractivity contribution in [3.05, 3.63) is 112 Å². The van der Waals surface area contributed by atoms with Crippen LogP contribution in [0.2, 0.25) is 0 Å². The van der Waals surface area contributed by atoms with Gasteiger partial charge in [-0.1, -0.05) is 87.0 Å². The second-order valence-corrected chi connectivity index (χ2v) is 18.9. The molecule has 5 N–H and O–H groups in total. The average molecular weight is 945 g/mol. The molecule has 0 aliphatic carbocycles. The van der Waals surface area contributed by atoms with Gasteiger partial charge < -0.3 is 40.3 Å². The van der Waals surface area contributed by atoms with Crippen molar-refractivity contribution in [1.82, 2.24) is 30.5 Å². The Morgan fingerprint density at radius 3 is 2.40 bits per heavy atom. The molecule has 0 spiro atoms. The first-order chi connectivity index (χ1) is 32.7. The number of anilines is 3. The van der Waals surface area contributed by atoms with E-state index in [-0.39, 0.29) is 44.3 Å². The molecule has 2 aromatic heterocycles. The summed E-state index contributed by atoms with van der Waals surface area (Å²) in [5.41, 5.74) is 10.6. The number of carbonyl (C=O) groups is 4. The van der Waals surface area contributed by atoms with Gasteiger partial charge in [-0.2, -0.15) is 15.1 Å². The highest BCUT2D eigenvalue weighted by atomic mass is 32.1. The quantitative estimate of drug-likeness (QED) is 0.0533. The number of aliphatic hydroxyl groups excluding tert-OH is 1. The fraction of sp³-hybridized carbons (Fsp3) is 0.400. The van der Waals surface area contributed by atoms with Crippen LogP contribution in [-0.4, -0.2) is 112 Å². The van der Waals surface area contributed by atoms with Crippen molar-refractivity contribution in [1.29, 1.82) is 0 Å². The van der Waals surface area contributed by atoms with E-state index in [2.05, 4.69) is 46.3 Å². The summed E-state index contributed by atoms with van der Waals surface area (Å²) in [7, 11) is 0. The maximum atomic E-state index is 14.1. The van der Waals surface area contributed by atoms with Gasteiger partial charge in [-0.3, -0.25) is 24.6 Å². The van der Waals surface area contributed by atoms with E-state index in [0.717, 1.165) is 38.4 Å². The van der Waals surface area contributed by atoms with Crippen molar-refractivity contribution in [2.24, 2.45) is 10.5 Å². The lowest BCUT2D eigenvalue weighted by atomic mass is 9.85. The number of aromatic nitrogens is 3. The molecule has 4 heterocycles. The maximum absolute atomic E-state index is 14.1. The van der Waals surface area contributed by atoms with Crippen LogP contribution in [0.1, 0.15) is 68.0 Å². The number of hydrogen-bond acceptors (Lipinski definition) is 14. The number of thiazole rings is 1.